The minimum absolute atomic E-state index is 0.123. The van der Waals surface area contributed by atoms with Gasteiger partial charge in [0.05, 0.1) is 6.42 Å². The van der Waals surface area contributed by atoms with E-state index in [4.69, 9.17) is 5.11 Å². The average molecular weight is 205 g/mol. The molecule has 0 spiro atoms. The molecule has 0 aliphatic carbocycles. The first kappa shape index (κ1) is 10.0. The lowest BCUT2D eigenvalue weighted by Gasteiger charge is -2.11. The molecule has 1 aromatic rings. The molecule has 1 heterocycles. The fourth-order valence-electron chi connectivity index (χ4n) is 2.31. The van der Waals surface area contributed by atoms with Crippen LogP contribution in [0.5, 0.6) is 0 Å². The van der Waals surface area contributed by atoms with Gasteiger partial charge < -0.3 is 10.4 Å². The van der Waals surface area contributed by atoms with Gasteiger partial charge in [0, 0.05) is 18.2 Å². The van der Waals surface area contributed by atoms with Gasteiger partial charge in [0.1, 0.15) is 0 Å². The molecule has 1 unspecified atom stereocenters. The summed E-state index contributed by atoms with van der Waals surface area (Å²) in [6.45, 7) is 4.84. The van der Waals surface area contributed by atoms with Crippen molar-refractivity contribution in [1.82, 2.24) is 0 Å². The molecule has 3 heteroatoms. The highest BCUT2D eigenvalue weighted by atomic mass is 16.4. The predicted molar refractivity (Wildman–Crippen MR) is 59.4 cm³/mol. The van der Waals surface area contributed by atoms with Crippen molar-refractivity contribution in [2.75, 3.05) is 11.9 Å². The molecule has 0 fully saturated rings. The van der Waals surface area contributed by atoms with E-state index in [0.717, 1.165) is 12.2 Å². The normalized spacial score (nSPS) is 18.4. The maximum absolute atomic E-state index is 10.7. The van der Waals surface area contributed by atoms with Crippen molar-refractivity contribution in [2.45, 2.75) is 26.2 Å². The predicted octanol–water partition coefficient (Wildman–Crippen LogP) is 2.29. The Morgan fingerprint density at radius 3 is 2.80 bits per heavy atom. The van der Waals surface area contributed by atoms with E-state index in [1.54, 1.807) is 0 Å². The monoisotopic (exact) mass is 205 g/mol. The van der Waals surface area contributed by atoms with Gasteiger partial charge in [-0.25, -0.2) is 0 Å². The number of fused-ring (bicyclic) bond motifs is 1. The molecule has 1 aliphatic heterocycles. The van der Waals surface area contributed by atoms with Gasteiger partial charge in [-0.2, -0.15) is 0 Å². The van der Waals surface area contributed by atoms with Crippen molar-refractivity contribution >= 4 is 11.7 Å². The second-order valence-corrected chi connectivity index (χ2v) is 4.16. The summed E-state index contributed by atoms with van der Waals surface area (Å²) >= 11 is 0. The number of aliphatic carboxylic acids is 1. The van der Waals surface area contributed by atoms with E-state index >= 15 is 0 Å². The Hall–Kier alpha value is -1.51. The number of hydrogen-bond acceptors (Lipinski definition) is 2. The van der Waals surface area contributed by atoms with E-state index in [0.29, 0.717) is 0 Å². The average Bonchev–Trinajstić information content (AvgIpc) is 2.56. The molecule has 0 amide bonds. The molecule has 0 radical (unpaired) electrons. The van der Waals surface area contributed by atoms with E-state index in [1.807, 2.05) is 6.92 Å². The van der Waals surface area contributed by atoms with Gasteiger partial charge in [-0.3, -0.25) is 4.79 Å². The van der Waals surface area contributed by atoms with Gasteiger partial charge in [0.25, 0.3) is 0 Å². The van der Waals surface area contributed by atoms with Gasteiger partial charge in [-0.05, 0) is 30.5 Å². The topological polar surface area (TPSA) is 49.3 Å². The second-order valence-electron chi connectivity index (χ2n) is 4.16. The fourth-order valence-corrected chi connectivity index (χ4v) is 2.31. The van der Waals surface area contributed by atoms with Crippen LogP contribution >= 0.6 is 0 Å². The standard InChI is InChI=1S/C12H15NO2/c1-7-3-4-8(2)12-11(7)9(6-13-12)5-10(14)15/h3-4,9,13H,5-6H2,1-2H3,(H,14,15). The summed E-state index contributed by atoms with van der Waals surface area (Å²) in [7, 11) is 0. The van der Waals surface area contributed by atoms with Crippen LogP contribution in [0.2, 0.25) is 0 Å². The summed E-state index contributed by atoms with van der Waals surface area (Å²) < 4.78 is 0. The Kier molecular flexibility index (Phi) is 2.39. The zero-order valence-corrected chi connectivity index (χ0v) is 9.00. The third kappa shape index (κ3) is 1.69. The fraction of sp³-hybridized carbons (Fsp3) is 0.417. The summed E-state index contributed by atoms with van der Waals surface area (Å²) in [6.07, 6.45) is 0.213. The molecular formula is C12H15NO2. The van der Waals surface area contributed by atoms with Crippen molar-refractivity contribution in [2.24, 2.45) is 0 Å². The highest BCUT2D eigenvalue weighted by Gasteiger charge is 2.26. The van der Waals surface area contributed by atoms with E-state index in [1.165, 1.54) is 16.7 Å². The lowest BCUT2D eigenvalue weighted by atomic mass is 9.92. The van der Waals surface area contributed by atoms with Crippen molar-refractivity contribution in [3.63, 3.8) is 0 Å². The lowest BCUT2D eigenvalue weighted by molar-refractivity contribution is -0.137. The molecule has 0 bridgehead atoms. The number of carbonyl (C=O) groups is 1. The molecule has 0 aromatic heterocycles. The number of carboxylic acids is 1. The zero-order chi connectivity index (χ0) is 11.0. The van der Waals surface area contributed by atoms with Crippen molar-refractivity contribution in [3.05, 3.63) is 28.8 Å². The lowest BCUT2D eigenvalue weighted by Crippen LogP contribution is -2.08. The quantitative estimate of drug-likeness (QED) is 0.778. The summed E-state index contributed by atoms with van der Waals surface area (Å²) in [6, 6.07) is 4.14. The Labute approximate surface area is 89.1 Å². The molecule has 1 aliphatic rings. The van der Waals surface area contributed by atoms with Crippen LogP contribution < -0.4 is 5.32 Å². The van der Waals surface area contributed by atoms with Crippen LogP contribution in [-0.4, -0.2) is 17.6 Å². The van der Waals surface area contributed by atoms with E-state index in [-0.39, 0.29) is 12.3 Å². The highest BCUT2D eigenvalue weighted by molar-refractivity contribution is 5.72. The van der Waals surface area contributed by atoms with Crippen LogP contribution in [0.1, 0.15) is 29.0 Å². The van der Waals surface area contributed by atoms with Crippen LogP contribution in [0, 0.1) is 13.8 Å². The minimum atomic E-state index is -0.726. The number of nitrogens with one attached hydrogen (secondary N) is 1. The number of anilines is 1. The van der Waals surface area contributed by atoms with E-state index in [9.17, 15) is 4.79 Å². The smallest absolute Gasteiger partial charge is 0.304 e. The van der Waals surface area contributed by atoms with Crippen LogP contribution in [0.25, 0.3) is 0 Å². The number of aryl methyl sites for hydroxylation is 2. The summed E-state index contributed by atoms with van der Waals surface area (Å²) in [4.78, 5) is 10.7. The van der Waals surface area contributed by atoms with Gasteiger partial charge in [-0.1, -0.05) is 12.1 Å². The molecule has 80 valence electrons. The van der Waals surface area contributed by atoms with Gasteiger partial charge >= 0.3 is 5.97 Å². The van der Waals surface area contributed by atoms with Crippen molar-refractivity contribution in [3.8, 4) is 0 Å². The first-order valence-corrected chi connectivity index (χ1v) is 5.15. The molecule has 1 aromatic carbocycles. The number of rotatable bonds is 2. The third-order valence-corrected chi connectivity index (χ3v) is 3.03. The molecule has 0 saturated carbocycles. The Bertz CT molecular complexity index is 412. The molecule has 15 heavy (non-hydrogen) atoms. The van der Waals surface area contributed by atoms with E-state index < -0.39 is 5.97 Å². The summed E-state index contributed by atoms with van der Waals surface area (Å²) in [5.41, 5.74) is 4.72. The molecule has 3 nitrogen and oxygen atoms in total. The third-order valence-electron chi connectivity index (χ3n) is 3.03. The molecular weight excluding hydrogens is 190 g/mol. The molecule has 2 rings (SSSR count). The zero-order valence-electron chi connectivity index (χ0n) is 9.00. The largest absolute Gasteiger partial charge is 0.481 e. The van der Waals surface area contributed by atoms with Gasteiger partial charge in [0.2, 0.25) is 0 Å². The Morgan fingerprint density at radius 1 is 1.47 bits per heavy atom. The van der Waals surface area contributed by atoms with Crippen LogP contribution in [-0.2, 0) is 4.79 Å². The number of hydrogen-bond donors (Lipinski definition) is 2. The number of carboxylic acid groups (broad SMARTS) is 1. The minimum Gasteiger partial charge on any atom is -0.481 e. The van der Waals surface area contributed by atoms with Crippen LogP contribution in [0.15, 0.2) is 12.1 Å². The van der Waals surface area contributed by atoms with E-state index in [2.05, 4.69) is 24.4 Å². The first-order valence-electron chi connectivity index (χ1n) is 5.15. The highest BCUT2D eigenvalue weighted by Crippen LogP contribution is 2.38. The second kappa shape index (κ2) is 3.57. The molecule has 0 saturated heterocycles. The van der Waals surface area contributed by atoms with Crippen molar-refractivity contribution < 1.29 is 9.90 Å². The SMILES string of the molecule is Cc1ccc(C)c2c1NCC2CC(=O)O. The molecule has 1 atom stereocenters. The van der Waals surface area contributed by atoms with Crippen LogP contribution in [0.4, 0.5) is 5.69 Å². The maximum Gasteiger partial charge on any atom is 0.304 e. The Morgan fingerprint density at radius 2 is 2.13 bits per heavy atom. The summed E-state index contributed by atoms with van der Waals surface area (Å²) in [5.74, 6) is -0.604. The van der Waals surface area contributed by atoms with Gasteiger partial charge in [-0.15, -0.1) is 0 Å². The Balaban J connectivity index is 2.41. The van der Waals surface area contributed by atoms with Crippen molar-refractivity contribution in [1.29, 1.82) is 0 Å². The summed E-state index contributed by atoms with van der Waals surface area (Å²) in [5, 5.41) is 12.1. The number of benzene rings is 1. The first-order chi connectivity index (χ1) is 7.09. The van der Waals surface area contributed by atoms with Gasteiger partial charge in [0.15, 0.2) is 0 Å². The maximum atomic E-state index is 10.7. The molecule has 2 N–H and O–H groups in total. The van der Waals surface area contributed by atoms with Crippen LogP contribution in [0.3, 0.4) is 0 Å².